The lowest BCUT2D eigenvalue weighted by molar-refractivity contribution is 0.415. The lowest BCUT2D eigenvalue weighted by Gasteiger charge is -2.33. The van der Waals surface area contributed by atoms with E-state index < -0.39 is 0 Å². The molecule has 0 bridgehead atoms. The Morgan fingerprint density at radius 3 is 2.52 bits per heavy atom. The van der Waals surface area contributed by atoms with Crippen LogP contribution in [0.5, 0.6) is 5.75 Å². The predicted octanol–water partition coefficient (Wildman–Crippen LogP) is 5.91. The fraction of sp³-hybridized carbons (Fsp3) is 0.250. The average Bonchev–Trinajstić information content (AvgIpc) is 2.94. The van der Waals surface area contributed by atoms with Crippen molar-refractivity contribution in [2.24, 2.45) is 0 Å². The summed E-state index contributed by atoms with van der Waals surface area (Å²) in [6.07, 6.45) is 0. The highest BCUT2D eigenvalue weighted by Crippen LogP contribution is 2.47. The number of nitrogens with zero attached hydrogens (tertiary/aromatic N) is 1. The van der Waals surface area contributed by atoms with Gasteiger partial charge in [-0.25, -0.2) is 0 Å². The van der Waals surface area contributed by atoms with Crippen molar-refractivity contribution in [1.82, 2.24) is 3.96 Å². The number of fused-ring (bicyclic) bond motifs is 3. The summed E-state index contributed by atoms with van der Waals surface area (Å²) >= 11 is 7.61. The summed E-state index contributed by atoms with van der Waals surface area (Å²) in [5.74, 6) is 0.847. The van der Waals surface area contributed by atoms with Crippen LogP contribution in [0, 0.1) is 11.6 Å². The Balaban J connectivity index is 1.96. The van der Waals surface area contributed by atoms with E-state index in [0.29, 0.717) is 0 Å². The quantitative estimate of drug-likeness (QED) is 0.569. The average molecular weight is 369 g/mol. The number of methoxy groups -OCH3 is 1. The number of hydrogen-bond acceptors (Lipinski definition) is 4. The van der Waals surface area contributed by atoms with Gasteiger partial charge in [-0.1, -0.05) is 35.4 Å². The van der Waals surface area contributed by atoms with Crippen molar-refractivity contribution in [3.63, 3.8) is 0 Å². The topological polar surface area (TPSA) is 26.2 Å². The van der Waals surface area contributed by atoms with Gasteiger partial charge in [0.05, 0.1) is 23.2 Å². The van der Waals surface area contributed by atoms with Gasteiger partial charge in [-0.05, 0) is 57.2 Å². The molecule has 4 rings (SSSR count). The molecular weight excluding hydrogens is 348 g/mol. The standard InChI is InChI=1S/C20H20N2OS2/c1-12-5-10-16-15(11-12)17-18(20(2,3)21-16)25-22(19(17)24)13-6-8-14(23-4)9-7-13/h5-11,21H,1-4H3. The van der Waals surface area contributed by atoms with Crippen LogP contribution in [0.25, 0.3) is 16.8 Å². The largest absolute Gasteiger partial charge is 0.497 e. The van der Waals surface area contributed by atoms with Gasteiger partial charge in [0.15, 0.2) is 0 Å². The Morgan fingerprint density at radius 2 is 1.84 bits per heavy atom. The van der Waals surface area contributed by atoms with Crippen LogP contribution in [0.2, 0.25) is 0 Å². The van der Waals surface area contributed by atoms with Crippen LogP contribution >= 0.6 is 23.8 Å². The zero-order chi connectivity index (χ0) is 17.8. The van der Waals surface area contributed by atoms with Gasteiger partial charge in [0.1, 0.15) is 10.4 Å². The highest BCUT2D eigenvalue weighted by atomic mass is 32.1. The summed E-state index contributed by atoms with van der Waals surface area (Å²) in [6.45, 7) is 6.53. The van der Waals surface area contributed by atoms with E-state index in [-0.39, 0.29) is 5.54 Å². The molecular formula is C20H20N2OS2. The van der Waals surface area contributed by atoms with Crippen molar-refractivity contribution in [1.29, 1.82) is 0 Å². The summed E-state index contributed by atoms with van der Waals surface area (Å²) < 4.78 is 8.27. The monoisotopic (exact) mass is 368 g/mol. The first-order valence-corrected chi connectivity index (χ1v) is 9.39. The van der Waals surface area contributed by atoms with Gasteiger partial charge in [0, 0.05) is 16.8 Å². The van der Waals surface area contributed by atoms with Crippen LogP contribution in [0.15, 0.2) is 42.5 Å². The Hall–Kier alpha value is -2.11. The summed E-state index contributed by atoms with van der Waals surface area (Å²) in [5.41, 5.74) is 5.67. The van der Waals surface area contributed by atoms with Crippen LogP contribution in [0.1, 0.15) is 24.3 Å². The molecule has 1 aliphatic rings. The van der Waals surface area contributed by atoms with Gasteiger partial charge >= 0.3 is 0 Å². The van der Waals surface area contributed by atoms with E-state index in [1.165, 1.54) is 21.6 Å². The summed E-state index contributed by atoms with van der Waals surface area (Å²) in [5, 5.41) is 3.66. The molecule has 0 saturated heterocycles. The number of anilines is 1. The van der Waals surface area contributed by atoms with Crippen molar-refractivity contribution in [2.45, 2.75) is 26.3 Å². The van der Waals surface area contributed by atoms with E-state index >= 15 is 0 Å². The minimum absolute atomic E-state index is 0.159. The number of nitrogens with one attached hydrogen (secondary N) is 1. The van der Waals surface area contributed by atoms with E-state index in [1.807, 2.05) is 24.3 Å². The smallest absolute Gasteiger partial charge is 0.129 e. The second-order valence-electron chi connectivity index (χ2n) is 6.89. The molecule has 1 aromatic heterocycles. The van der Waals surface area contributed by atoms with Gasteiger partial charge in [0.2, 0.25) is 0 Å². The van der Waals surface area contributed by atoms with Crippen LogP contribution in [-0.4, -0.2) is 11.1 Å². The minimum atomic E-state index is -0.159. The van der Waals surface area contributed by atoms with Crippen molar-refractivity contribution in [3.05, 3.63) is 57.5 Å². The number of benzene rings is 2. The zero-order valence-electron chi connectivity index (χ0n) is 14.7. The summed E-state index contributed by atoms with van der Waals surface area (Å²) in [7, 11) is 1.68. The number of hydrogen-bond donors (Lipinski definition) is 1. The normalized spacial score (nSPS) is 14.4. The molecule has 1 aliphatic heterocycles. The molecule has 128 valence electrons. The molecule has 1 N–H and O–H groups in total. The van der Waals surface area contributed by atoms with Crippen molar-refractivity contribution >= 4 is 29.4 Å². The molecule has 0 fully saturated rings. The summed E-state index contributed by atoms with van der Waals surface area (Å²) in [6, 6.07) is 14.5. The van der Waals surface area contributed by atoms with Gasteiger partial charge in [-0.15, -0.1) is 0 Å². The maximum absolute atomic E-state index is 5.89. The SMILES string of the molecule is COc1ccc(-n2sc3c(c2=S)-c2cc(C)ccc2NC3(C)C)cc1. The maximum atomic E-state index is 5.89. The Labute approximate surface area is 157 Å². The first-order valence-electron chi connectivity index (χ1n) is 8.21. The van der Waals surface area contributed by atoms with Crippen LogP contribution in [0.3, 0.4) is 0 Å². The molecule has 0 unspecified atom stereocenters. The van der Waals surface area contributed by atoms with Crippen LogP contribution in [0.4, 0.5) is 5.69 Å². The molecule has 0 saturated carbocycles. The molecule has 0 spiro atoms. The Bertz CT molecular complexity index is 1010. The maximum Gasteiger partial charge on any atom is 0.129 e. The molecule has 2 heterocycles. The van der Waals surface area contributed by atoms with Crippen molar-refractivity contribution in [2.75, 3.05) is 12.4 Å². The molecule has 0 aliphatic carbocycles. The number of rotatable bonds is 2. The van der Waals surface area contributed by atoms with Crippen molar-refractivity contribution in [3.8, 4) is 22.6 Å². The van der Waals surface area contributed by atoms with Crippen LogP contribution < -0.4 is 10.1 Å². The van der Waals surface area contributed by atoms with Crippen molar-refractivity contribution < 1.29 is 4.74 Å². The predicted molar refractivity (Wildman–Crippen MR) is 108 cm³/mol. The number of ether oxygens (including phenoxy) is 1. The third-order valence-electron chi connectivity index (χ3n) is 4.57. The van der Waals surface area contributed by atoms with Gasteiger partial charge in [-0.3, -0.25) is 3.96 Å². The zero-order valence-corrected chi connectivity index (χ0v) is 16.3. The Kier molecular flexibility index (Phi) is 3.74. The van der Waals surface area contributed by atoms with E-state index in [0.717, 1.165) is 21.8 Å². The molecule has 25 heavy (non-hydrogen) atoms. The highest BCUT2D eigenvalue weighted by Gasteiger charge is 2.34. The first-order chi connectivity index (χ1) is 11.9. The molecule has 0 radical (unpaired) electrons. The fourth-order valence-corrected chi connectivity index (χ4v) is 4.95. The fourth-order valence-electron chi connectivity index (χ4n) is 3.30. The van der Waals surface area contributed by atoms with E-state index in [1.54, 1.807) is 18.6 Å². The second kappa shape index (κ2) is 5.71. The summed E-state index contributed by atoms with van der Waals surface area (Å²) in [4.78, 5) is 1.27. The third-order valence-corrected chi connectivity index (χ3v) is 6.55. The highest BCUT2D eigenvalue weighted by molar-refractivity contribution is 7.71. The Morgan fingerprint density at radius 1 is 1.12 bits per heavy atom. The van der Waals surface area contributed by atoms with E-state index in [9.17, 15) is 0 Å². The molecule has 3 nitrogen and oxygen atoms in total. The van der Waals surface area contributed by atoms with Gasteiger partial charge in [-0.2, -0.15) is 0 Å². The van der Waals surface area contributed by atoms with E-state index in [2.05, 4.69) is 48.2 Å². The van der Waals surface area contributed by atoms with Gasteiger partial charge < -0.3 is 10.1 Å². The molecule has 3 aromatic rings. The van der Waals surface area contributed by atoms with Crippen LogP contribution in [-0.2, 0) is 5.54 Å². The molecule has 0 amide bonds. The number of aryl methyl sites for hydroxylation is 1. The third kappa shape index (κ3) is 2.58. The number of aromatic nitrogens is 1. The van der Waals surface area contributed by atoms with Gasteiger partial charge in [0.25, 0.3) is 0 Å². The van der Waals surface area contributed by atoms with E-state index in [4.69, 9.17) is 17.0 Å². The first kappa shape index (κ1) is 16.4. The lowest BCUT2D eigenvalue weighted by atomic mass is 9.89. The molecule has 5 heteroatoms. The molecule has 2 aromatic carbocycles. The second-order valence-corrected chi connectivity index (χ2v) is 8.23. The minimum Gasteiger partial charge on any atom is -0.497 e. The molecule has 0 atom stereocenters. The lowest BCUT2D eigenvalue weighted by Crippen LogP contribution is -2.30.